The van der Waals surface area contributed by atoms with E-state index in [-0.39, 0.29) is 22.5 Å². The van der Waals surface area contributed by atoms with Gasteiger partial charge in [-0.25, -0.2) is 13.9 Å². The van der Waals surface area contributed by atoms with Gasteiger partial charge in [0, 0.05) is 6.04 Å². The summed E-state index contributed by atoms with van der Waals surface area (Å²) < 4.78 is 27.0. The van der Waals surface area contributed by atoms with Crippen LogP contribution in [-0.4, -0.2) is 10.2 Å². The van der Waals surface area contributed by atoms with Gasteiger partial charge in [-0.15, -0.1) is 0 Å². The molecule has 0 fully saturated rings. The molecule has 1 atom stereocenters. The van der Waals surface area contributed by atoms with E-state index in [1.165, 1.54) is 24.3 Å². The van der Waals surface area contributed by atoms with Gasteiger partial charge >= 0.3 is 4.87 Å². The van der Waals surface area contributed by atoms with Gasteiger partial charge in [0.1, 0.15) is 16.6 Å². The molecule has 0 spiro atoms. The summed E-state index contributed by atoms with van der Waals surface area (Å²) >= 11 is 1.02. The molecule has 1 unspecified atom stereocenters. The Morgan fingerprint density at radius 2 is 1.88 bits per heavy atom. The fourth-order valence-corrected chi connectivity index (χ4v) is 3.03. The molecule has 2 N–H and O–H groups in total. The van der Waals surface area contributed by atoms with Gasteiger partial charge in [-0.3, -0.25) is 4.79 Å². The van der Waals surface area contributed by atoms with E-state index in [1.54, 1.807) is 12.1 Å². The molecule has 0 saturated carbocycles. The highest BCUT2D eigenvalue weighted by atomic mass is 32.1. The molecule has 124 valence electrons. The fraction of sp³-hybridized carbons (Fsp3) is 0.176. The standard InChI is InChI=1S/C17H15F2N3OS/c18-13-5-1-3-11(7-13)8-15(12-4-2-6-14(19)9-12)20-10-16-21-22-17(23)24-16/h1-7,9,15,20H,8,10H2,(H,22,23). The number of benzene rings is 2. The number of hydrogen-bond donors (Lipinski definition) is 2. The molecule has 0 aliphatic carbocycles. The van der Waals surface area contributed by atoms with Gasteiger partial charge in [-0.05, 0) is 41.8 Å². The van der Waals surface area contributed by atoms with Crippen LogP contribution >= 0.6 is 11.3 Å². The van der Waals surface area contributed by atoms with Gasteiger partial charge in [-0.2, -0.15) is 5.10 Å². The summed E-state index contributed by atoms with van der Waals surface area (Å²) in [5, 5.41) is 10.1. The molecule has 2 aromatic carbocycles. The predicted molar refractivity (Wildman–Crippen MR) is 88.8 cm³/mol. The smallest absolute Gasteiger partial charge is 0.303 e. The fourth-order valence-electron chi connectivity index (χ4n) is 2.48. The molecule has 0 bridgehead atoms. The molecule has 4 nitrogen and oxygen atoms in total. The molecule has 7 heteroatoms. The second-order valence-electron chi connectivity index (χ2n) is 5.33. The van der Waals surface area contributed by atoms with E-state index in [1.807, 2.05) is 12.1 Å². The molecule has 3 rings (SSSR count). The molecule has 0 aliphatic heterocycles. The highest BCUT2D eigenvalue weighted by Crippen LogP contribution is 2.20. The van der Waals surface area contributed by atoms with Gasteiger partial charge in [0.05, 0.1) is 6.54 Å². The third-order valence-corrected chi connectivity index (χ3v) is 4.31. The highest BCUT2D eigenvalue weighted by molar-refractivity contribution is 7.08. The van der Waals surface area contributed by atoms with Crippen molar-refractivity contribution in [2.75, 3.05) is 0 Å². The van der Waals surface area contributed by atoms with E-state index in [0.29, 0.717) is 18.0 Å². The third kappa shape index (κ3) is 4.33. The average Bonchev–Trinajstić information content (AvgIpc) is 2.97. The zero-order chi connectivity index (χ0) is 16.9. The van der Waals surface area contributed by atoms with Gasteiger partial charge in [0.25, 0.3) is 0 Å². The van der Waals surface area contributed by atoms with E-state index in [9.17, 15) is 13.6 Å². The van der Waals surface area contributed by atoms with Crippen molar-refractivity contribution >= 4 is 11.3 Å². The molecule has 0 aliphatic rings. The van der Waals surface area contributed by atoms with Crippen molar-refractivity contribution in [1.29, 1.82) is 0 Å². The lowest BCUT2D eigenvalue weighted by molar-refractivity contribution is 0.520. The summed E-state index contributed by atoms with van der Waals surface area (Å²) in [5.41, 5.74) is 1.55. The topological polar surface area (TPSA) is 57.8 Å². The largest absolute Gasteiger partial charge is 0.322 e. The van der Waals surface area contributed by atoms with Crippen molar-refractivity contribution in [1.82, 2.24) is 15.5 Å². The van der Waals surface area contributed by atoms with Crippen molar-refractivity contribution in [3.05, 3.63) is 86.0 Å². The quantitative estimate of drug-likeness (QED) is 0.720. The van der Waals surface area contributed by atoms with Crippen LogP contribution in [0.25, 0.3) is 0 Å². The van der Waals surface area contributed by atoms with Crippen molar-refractivity contribution in [3.63, 3.8) is 0 Å². The molecule has 0 saturated heterocycles. The van der Waals surface area contributed by atoms with E-state index >= 15 is 0 Å². The molecule has 24 heavy (non-hydrogen) atoms. The predicted octanol–water partition coefficient (Wildman–Crippen LogP) is 3.18. The van der Waals surface area contributed by atoms with Crippen LogP contribution in [0.1, 0.15) is 22.2 Å². The highest BCUT2D eigenvalue weighted by Gasteiger charge is 2.14. The first-order chi connectivity index (χ1) is 11.6. The average molecular weight is 347 g/mol. The number of aromatic nitrogens is 2. The van der Waals surface area contributed by atoms with Crippen LogP contribution in [0.3, 0.4) is 0 Å². The first-order valence-electron chi connectivity index (χ1n) is 7.38. The van der Waals surface area contributed by atoms with Crippen LogP contribution in [0.5, 0.6) is 0 Å². The second kappa shape index (κ2) is 7.46. The normalized spacial score (nSPS) is 12.2. The number of rotatable bonds is 6. The number of nitrogens with zero attached hydrogens (tertiary/aromatic N) is 1. The Morgan fingerprint density at radius 3 is 2.54 bits per heavy atom. The summed E-state index contributed by atoms with van der Waals surface area (Å²) in [7, 11) is 0. The van der Waals surface area contributed by atoms with Crippen LogP contribution in [0.4, 0.5) is 8.78 Å². The first-order valence-corrected chi connectivity index (χ1v) is 8.19. The summed E-state index contributed by atoms with van der Waals surface area (Å²) in [6.07, 6.45) is 0.487. The van der Waals surface area contributed by atoms with Crippen molar-refractivity contribution in [2.24, 2.45) is 0 Å². The van der Waals surface area contributed by atoms with E-state index in [2.05, 4.69) is 15.5 Å². The second-order valence-corrected chi connectivity index (χ2v) is 6.38. The summed E-state index contributed by atoms with van der Waals surface area (Å²) in [6.45, 7) is 0.361. The molecule has 0 amide bonds. The van der Waals surface area contributed by atoms with Crippen LogP contribution in [0.15, 0.2) is 53.3 Å². The van der Waals surface area contributed by atoms with Gasteiger partial charge in [0.15, 0.2) is 0 Å². The van der Waals surface area contributed by atoms with Crippen molar-refractivity contribution in [2.45, 2.75) is 19.0 Å². The first kappa shape index (κ1) is 16.5. The molecular formula is C17H15F2N3OS. The number of halogens is 2. The lowest BCUT2D eigenvalue weighted by Crippen LogP contribution is -2.23. The zero-order valence-corrected chi connectivity index (χ0v) is 13.4. The van der Waals surface area contributed by atoms with Crippen molar-refractivity contribution < 1.29 is 8.78 Å². The maximum absolute atomic E-state index is 13.6. The zero-order valence-electron chi connectivity index (χ0n) is 12.6. The number of hydrogen-bond acceptors (Lipinski definition) is 4. The summed E-state index contributed by atoms with van der Waals surface area (Å²) in [6, 6.07) is 12.4. The maximum atomic E-state index is 13.6. The lowest BCUT2D eigenvalue weighted by Gasteiger charge is -2.19. The molecule has 0 radical (unpaired) electrons. The minimum absolute atomic E-state index is 0.223. The van der Waals surface area contributed by atoms with Gasteiger partial charge in [0.2, 0.25) is 0 Å². The molecule has 1 heterocycles. The van der Waals surface area contributed by atoms with Crippen LogP contribution in [0.2, 0.25) is 0 Å². The third-order valence-electron chi connectivity index (χ3n) is 3.56. The Balaban J connectivity index is 1.81. The number of H-pyrrole nitrogens is 1. The SMILES string of the molecule is O=c1[nH]nc(CNC(Cc2cccc(F)c2)c2cccc(F)c2)s1. The van der Waals surface area contributed by atoms with Gasteiger partial charge < -0.3 is 5.32 Å². The van der Waals surface area contributed by atoms with E-state index in [4.69, 9.17) is 0 Å². The molecule has 3 aromatic rings. The summed E-state index contributed by atoms with van der Waals surface area (Å²) in [5.74, 6) is -0.640. The Morgan fingerprint density at radius 1 is 1.12 bits per heavy atom. The maximum Gasteiger partial charge on any atom is 0.322 e. The van der Waals surface area contributed by atoms with Crippen molar-refractivity contribution in [3.8, 4) is 0 Å². The Hall–Kier alpha value is -2.38. The monoisotopic (exact) mass is 347 g/mol. The van der Waals surface area contributed by atoms with Crippen LogP contribution < -0.4 is 10.2 Å². The minimum atomic E-state index is -0.331. The molecule has 1 aromatic heterocycles. The Labute approximate surface area is 141 Å². The Kier molecular flexibility index (Phi) is 5.12. The number of nitrogens with one attached hydrogen (secondary N) is 2. The van der Waals surface area contributed by atoms with E-state index in [0.717, 1.165) is 22.5 Å². The van der Waals surface area contributed by atoms with E-state index < -0.39 is 0 Å². The van der Waals surface area contributed by atoms with Crippen LogP contribution in [-0.2, 0) is 13.0 Å². The lowest BCUT2D eigenvalue weighted by atomic mass is 9.98. The number of aromatic amines is 1. The molecular weight excluding hydrogens is 332 g/mol. The minimum Gasteiger partial charge on any atom is -0.303 e. The van der Waals surface area contributed by atoms with Gasteiger partial charge in [-0.1, -0.05) is 35.6 Å². The Bertz CT molecular complexity index is 878. The van der Waals surface area contributed by atoms with Crippen LogP contribution in [0, 0.1) is 11.6 Å². The summed E-state index contributed by atoms with van der Waals surface area (Å²) in [4.78, 5) is 10.9.